The highest BCUT2D eigenvalue weighted by Gasteiger charge is 2.15. The third kappa shape index (κ3) is 4.43. The summed E-state index contributed by atoms with van der Waals surface area (Å²) in [4.78, 5) is 22.1. The van der Waals surface area contributed by atoms with Crippen molar-refractivity contribution in [1.82, 2.24) is 0 Å². The van der Waals surface area contributed by atoms with Crippen LogP contribution in [-0.4, -0.2) is 11.9 Å². The van der Waals surface area contributed by atoms with Gasteiger partial charge in [0.15, 0.2) is 0 Å². The zero-order chi connectivity index (χ0) is 17.0. The van der Waals surface area contributed by atoms with E-state index in [1.807, 2.05) is 0 Å². The predicted octanol–water partition coefficient (Wildman–Crippen LogP) is 3.11. The number of hydrogen-bond acceptors (Lipinski definition) is 4. The van der Waals surface area contributed by atoms with Crippen molar-refractivity contribution in [3.05, 3.63) is 59.7 Å². The van der Waals surface area contributed by atoms with Crippen molar-refractivity contribution in [3.63, 3.8) is 0 Å². The molecule has 2 aromatic carbocycles. The number of carbonyl (C=O) groups is 2. The minimum absolute atomic E-state index is 0.149. The lowest BCUT2D eigenvalue weighted by molar-refractivity contribution is -0.158. The molecule has 0 aliphatic rings. The molecule has 2 aromatic rings. The predicted molar refractivity (Wildman–Crippen MR) is 80.1 cm³/mol. The summed E-state index contributed by atoms with van der Waals surface area (Å²) in [5.41, 5.74) is 7.34. The molecule has 0 aliphatic carbocycles. The topological polar surface area (TPSA) is 69.4 Å². The normalized spacial score (nSPS) is 11.8. The van der Waals surface area contributed by atoms with Crippen molar-refractivity contribution in [3.8, 4) is 11.1 Å². The average molecular weight is 319 g/mol. The first-order valence-electron chi connectivity index (χ1n) is 6.89. The van der Waals surface area contributed by atoms with Gasteiger partial charge < -0.3 is 10.5 Å². The van der Waals surface area contributed by atoms with Gasteiger partial charge in [-0.05, 0) is 23.3 Å². The Morgan fingerprint density at radius 3 is 2.35 bits per heavy atom. The van der Waals surface area contributed by atoms with E-state index in [9.17, 15) is 18.4 Å². The Balaban J connectivity index is 2.12. The zero-order valence-corrected chi connectivity index (χ0v) is 12.4. The van der Waals surface area contributed by atoms with Crippen molar-refractivity contribution < 1.29 is 23.1 Å². The number of esters is 2. The largest absolute Gasteiger partial charge is 0.393 e. The van der Waals surface area contributed by atoms with Gasteiger partial charge in [-0.3, -0.25) is 9.59 Å². The molecule has 0 aliphatic heterocycles. The molecule has 0 saturated carbocycles. The van der Waals surface area contributed by atoms with Crippen LogP contribution in [0.1, 0.15) is 24.9 Å². The summed E-state index contributed by atoms with van der Waals surface area (Å²) in [5.74, 6) is -2.70. The molecule has 0 bridgehead atoms. The summed E-state index contributed by atoms with van der Waals surface area (Å²) in [7, 11) is 0. The van der Waals surface area contributed by atoms with E-state index < -0.39 is 29.6 Å². The summed E-state index contributed by atoms with van der Waals surface area (Å²) < 4.78 is 31.1. The Morgan fingerprint density at radius 1 is 1.13 bits per heavy atom. The molecule has 1 atom stereocenters. The van der Waals surface area contributed by atoms with Gasteiger partial charge in [0.25, 0.3) is 0 Å². The van der Waals surface area contributed by atoms with Crippen molar-refractivity contribution in [2.75, 3.05) is 0 Å². The van der Waals surface area contributed by atoms with Gasteiger partial charge in [0.05, 0.1) is 6.42 Å². The number of rotatable bonds is 4. The van der Waals surface area contributed by atoms with E-state index in [1.165, 1.54) is 12.1 Å². The molecule has 6 heteroatoms. The first-order chi connectivity index (χ1) is 10.9. The van der Waals surface area contributed by atoms with Crippen LogP contribution in [0.5, 0.6) is 0 Å². The Hall–Kier alpha value is -2.60. The lowest BCUT2D eigenvalue weighted by Gasteiger charge is -2.12. The fraction of sp³-hybridized carbons (Fsp3) is 0.176. The second-order valence-electron chi connectivity index (χ2n) is 5.02. The van der Waals surface area contributed by atoms with Gasteiger partial charge in [0.2, 0.25) is 0 Å². The molecule has 0 spiro atoms. The second-order valence-corrected chi connectivity index (χ2v) is 5.02. The van der Waals surface area contributed by atoms with Gasteiger partial charge in [-0.15, -0.1) is 0 Å². The molecule has 4 nitrogen and oxygen atoms in total. The number of ether oxygens (including phenoxy) is 1. The first-order valence-corrected chi connectivity index (χ1v) is 6.89. The van der Waals surface area contributed by atoms with Gasteiger partial charge in [-0.2, -0.15) is 0 Å². The lowest BCUT2D eigenvalue weighted by atomic mass is 9.99. The third-order valence-electron chi connectivity index (χ3n) is 3.23. The lowest BCUT2D eigenvalue weighted by Crippen LogP contribution is -2.18. The highest BCUT2D eigenvalue weighted by molar-refractivity contribution is 5.84. The molecular weight excluding hydrogens is 304 g/mol. The molecule has 0 heterocycles. The van der Waals surface area contributed by atoms with E-state index in [4.69, 9.17) is 5.73 Å². The zero-order valence-electron chi connectivity index (χ0n) is 12.4. The van der Waals surface area contributed by atoms with E-state index in [-0.39, 0.29) is 12.0 Å². The van der Waals surface area contributed by atoms with Gasteiger partial charge in [0, 0.05) is 24.6 Å². The molecule has 0 saturated heterocycles. The Morgan fingerprint density at radius 2 is 1.78 bits per heavy atom. The van der Waals surface area contributed by atoms with Crippen LogP contribution >= 0.6 is 0 Å². The number of nitrogens with two attached hydrogens (primary N) is 1. The van der Waals surface area contributed by atoms with Gasteiger partial charge in [-0.25, -0.2) is 8.78 Å². The maximum absolute atomic E-state index is 13.7. The Kier molecular flexibility index (Phi) is 5.18. The fourth-order valence-corrected chi connectivity index (χ4v) is 2.13. The number of hydrogen-bond donors (Lipinski definition) is 1. The quantitative estimate of drug-likeness (QED) is 0.694. The number of halogens is 2. The monoisotopic (exact) mass is 319 g/mol. The minimum Gasteiger partial charge on any atom is -0.393 e. The highest BCUT2D eigenvalue weighted by atomic mass is 19.1. The highest BCUT2D eigenvalue weighted by Crippen LogP contribution is 2.25. The van der Waals surface area contributed by atoms with Crippen LogP contribution in [0.4, 0.5) is 8.78 Å². The maximum Gasteiger partial charge on any atom is 0.315 e. The van der Waals surface area contributed by atoms with Crippen molar-refractivity contribution in [2.45, 2.75) is 19.4 Å². The van der Waals surface area contributed by atoms with E-state index in [0.29, 0.717) is 11.1 Å². The van der Waals surface area contributed by atoms with Crippen LogP contribution in [0.25, 0.3) is 11.1 Å². The summed E-state index contributed by atoms with van der Waals surface area (Å²) >= 11 is 0. The molecule has 23 heavy (non-hydrogen) atoms. The molecule has 120 valence electrons. The fourth-order valence-electron chi connectivity index (χ4n) is 2.13. The third-order valence-corrected chi connectivity index (χ3v) is 3.23. The van der Waals surface area contributed by atoms with Crippen LogP contribution in [0, 0.1) is 11.6 Å². The van der Waals surface area contributed by atoms with E-state index >= 15 is 0 Å². The molecular formula is C17H15F2NO3. The van der Waals surface area contributed by atoms with Crippen LogP contribution < -0.4 is 5.73 Å². The second kappa shape index (κ2) is 7.11. The average Bonchev–Trinajstić information content (AvgIpc) is 2.46. The first kappa shape index (κ1) is 16.8. The van der Waals surface area contributed by atoms with Crippen molar-refractivity contribution in [2.24, 2.45) is 5.73 Å². The number of benzene rings is 2. The van der Waals surface area contributed by atoms with Crippen LogP contribution in [0.3, 0.4) is 0 Å². The van der Waals surface area contributed by atoms with Crippen LogP contribution in [0.2, 0.25) is 0 Å². The van der Waals surface area contributed by atoms with Crippen molar-refractivity contribution >= 4 is 11.9 Å². The van der Waals surface area contributed by atoms with Crippen LogP contribution in [0.15, 0.2) is 42.5 Å². The molecule has 2 rings (SSSR count). The van der Waals surface area contributed by atoms with Gasteiger partial charge in [-0.1, -0.05) is 24.3 Å². The summed E-state index contributed by atoms with van der Waals surface area (Å²) in [6.07, 6.45) is -0.149. The molecule has 0 unspecified atom stereocenters. The molecule has 2 N–H and O–H groups in total. The van der Waals surface area contributed by atoms with E-state index in [1.54, 1.807) is 24.3 Å². The van der Waals surface area contributed by atoms with E-state index in [2.05, 4.69) is 4.74 Å². The molecule has 0 aromatic heterocycles. The summed E-state index contributed by atoms with van der Waals surface area (Å²) in [5, 5.41) is 0. The molecule has 0 fully saturated rings. The SMILES string of the molecule is CC(=O)OC(=O)C[C@H](N)c1ccc(-c2ccc(F)cc2F)cc1. The molecule has 0 amide bonds. The summed E-state index contributed by atoms with van der Waals surface area (Å²) in [6.45, 7) is 1.13. The maximum atomic E-state index is 13.7. The van der Waals surface area contributed by atoms with Gasteiger partial charge >= 0.3 is 11.9 Å². The standard InChI is InChI=1S/C17H15F2NO3/c1-10(21)23-17(22)9-16(20)12-4-2-11(3-5-12)14-7-6-13(18)8-15(14)19/h2-8,16H,9,20H2,1H3/t16-/m0/s1. The Bertz CT molecular complexity index is 729. The van der Waals surface area contributed by atoms with Crippen LogP contribution in [-0.2, 0) is 14.3 Å². The van der Waals surface area contributed by atoms with E-state index in [0.717, 1.165) is 13.0 Å². The molecule has 0 radical (unpaired) electrons. The smallest absolute Gasteiger partial charge is 0.315 e. The minimum atomic E-state index is -0.710. The van der Waals surface area contributed by atoms with Gasteiger partial charge in [0.1, 0.15) is 11.6 Å². The van der Waals surface area contributed by atoms with Crippen molar-refractivity contribution in [1.29, 1.82) is 0 Å². The Labute approximate surface area is 131 Å². The number of carbonyl (C=O) groups excluding carboxylic acids is 2. The summed E-state index contributed by atoms with van der Waals surface area (Å²) in [6, 6.07) is 9.23.